The Morgan fingerprint density at radius 3 is 2.67 bits per heavy atom. The highest BCUT2D eigenvalue weighted by molar-refractivity contribution is 4.60. The van der Waals surface area contributed by atoms with E-state index in [1.165, 1.54) is 12.8 Å². The molecule has 1 heterocycles. The predicted octanol–water partition coefficient (Wildman–Crippen LogP) is 1.55. The number of rotatable bonds is 1. The second-order valence-corrected chi connectivity index (χ2v) is 2.54. The van der Waals surface area contributed by atoms with E-state index in [-0.39, 0.29) is 6.29 Å². The van der Waals surface area contributed by atoms with Gasteiger partial charge in [-0.05, 0) is 26.2 Å². The zero-order valence-corrected chi connectivity index (χ0v) is 6.09. The summed E-state index contributed by atoms with van der Waals surface area (Å²) >= 11 is 0. The summed E-state index contributed by atoms with van der Waals surface area (Å²) in [5.41, 5.74) is 0. The second kappa shape index (κ2) is 3.18. The fraction of sp³-hybridized carbons (Fsp3) is 1.00. The van der Waals surface area contributed by atoms with Gasteiger partial charge in [0.05, 0.1) is 6.10 Å². The normalized spacial score (nSPS) is 36.7. The largest absolute Gasteiger partial charge is 0.356 e. The van der Waals surface area contributed by atoms with Crippen molar-refractivity contribution in [3.63, 3.8) is 0 Å². The van der Waals surface area contributed by atoms with Gasteiger partial charge in [-0.2, -0.15) is 0 Å². The maximum atomic E-state index is 5.41. The van der Waals surface area contributed by atoms with Gasteiger partial charge in [0.1, 0.15) is 0 Å². The summed E-state index contributed by atoms with van der Waals surface area (Å²) in [5, 5.41) is 0. The van der Waals surface area contributed by atoms with Crippen molar-refractivity contribution in [1.29, 1.82) is 0 Å². The zero-order chi connectivity index (χ0) is 6.69. The molecule has 1 fully saturated rings. The van der Waals surface area contributed by atoms with Gasteiger partial charge in [0, 0.05) is 7.11 Å². The SMILES string of the molecule is CO[C@@H]1CCC[C@@H](C)O1. The fourth-order valence-corrected chi connectivity index (χ4v) is 1.14. The molecule has 0 aliphatic carbocycles. The van der Waals surface area contributed by atoms with Crippen molar-refractivity contribution in [1.82, 2.24) is 0 Å². The lowest BCUT2D eigenvalue weighted by Crippen LogP contribution is -2.26. The van der Waals surface area contributed by atoms with Gasteiger partial charge in [-0.3, -0.25) is 0 Å². The quantitative estimate of drug-likeness (QED) is 0.536. The first kappa shape index (κ1) is 7.03. The van der Waals surface area contributed by atoms with E-state index in [2.05, 4.69) is 6.92 Å². The van der Waals surface area contributed by atoms with E-state index in [0.29, 0.717) is 6.10 Å². The topological polar surface area (TPSA) is 18.5 Å². The molecule has 0 saturated carbocycles. The molecule has 0 spiro atoms. The maximum absolute atomic E-state index is 5.41. The van der Waals surface area contributed by atoms with E-state index in [1.807, 2.05) is 0 Å². The van der Waals surface area contributed by atoms with E-state index in [4.69, 9.17) is 9.47 Å². The van der Waals surface area contributed by atoms with Crippen LogP contribution in [0.25, 0.3) is 0 Å². The van der Waals surface area contributed by atoms with Crippen LogP contribution in [0.3, 0.4) is 0 Å². The molecule has 2 heteroatoms. The molecular weight excluding hydrogens is 116 g/mol. The third-order valence-electron chi connectivity index (χ3n) is 1.70. The lowest BCUT2D eigenvalue weighted by Gasteiger charge is -2.26. The van der Waals surface area contributed by atoms with Crippen LogP contribution in [0.2, 0.25) is 0 Å². The monoisotopic (exact) mass is 130 g/mol. The summed E-state index contributed by atoms with van der Waals surface area (Å²) in [6, 6.07) is 0. The number of hydrogen-bond donors (Lipinski definition) is 0. The first-order valence-electron chi connectivity index (χ1n) is 3.51. The maximum Gasteiger partial charge on any atom is 0.157 e. The van der Waals surface area contributed by atoms with Gasteiger partial charge in [0.25, 0.3) is 0 Å². The Balaban J connectivity index is 2.23. The van der Waals surface area contributed by atoms with Crippen molar-refractivity contribution >= 4 is 0 Å². The Morgan fingerprint density at radius 1 is 1.44 bits per heavy atom. The average Bonchev–Trinajstić information content (AvgIpc) is 1.88. The average molecular weight is 130 g/mol. The predicted molar refractivity (Wildman–Crippen MR) is 35.2 cm³/mol. The second-order valence-electron chi connectivity index (χ2n) is 2.54. The molecule has 0 aromatic rings. The molecule has 2 atom stereocenters. The van der Waals surface area contributed by atoms with Crippen LogP contribution in [-0.4, -0.2) is 19.5 Å². The minimum Gasteiger partial charge on any atom is -0.356 e. The molecule has 0 aromatic carbocycles. The Morgan fingerprint density at radius 2 is 2.22 bits per heavy atom. The van der Waals surface area contributed by atoms with Crippen LogP contribution >= 0.6 is 0 Å². The van der Waals surface area contributed by atoms with E-state index in [0.717, 1.165) is 6.42 Å². The van der Waals surface area contributed by atoms with Crippen LogP contribution < -0.4 is 0 Å². The van der Waals surface area contributed by atoms with E-state index in [9.17, 15) is 0 Å². The number of methoxy groups -OCH3 is 1. The third kappa shape index (κ3) is 1.95. The van der Waals surface area contributed by atoms with E-state index >= 15 is 0 Å². The minimum atomic E-state index is 0.0637. The highest BCUT2D eigenvalue weighted by Crippen LogP contribution is 2.18. The molecule has 1 saturated heterocycles. The molecule has 0 bridgehead atoms. The molecule has 0 N–H and O–H groups in total. The molecule has 0 amide bonds. The summed E-state index contributed by atoms with van der Waals surface area (Å²) < 4.78 is 10.5. The highest BCUT2D eigenvalue weighted by Gasteiger charge is 2.17. The van der Waals surface area contributed by atoms with Gasteiger partial charge >= 0.3 is 0 Å². The summed E-state index contributed by atoms with van der Waals surface area (Å²) in [6.07, 6.45) is 3.93. The molecule has 54 valence electrons. The van der Waals surface area contributed by atoms with Crippen molar-refractivity contribution < 1.29 is 9.47 Å². The molecule has 1 aliphatic heterocycles. The van der Waals surface area contributed by atoms with Crippen LogP contribution in [0.1, 0.15) is 26.2 Å². The molecule has 1 rings (SSSR count). The fourth-order valence-electron chi connectivity index (χ4n) is 1.14. The zero-order valence-electron chi connectivity index (χ0n) is 6.09. The number of hydrogen-bond acceptors (Lipinski definition) is 2. The Hall–Kier alpha value is -0.0800. The van der Waals surface area contributed by atoms with Gasteiger partial charge in [-0.15, -0.1) is 0 Å². The van der Waals surface area contributed by atoms with E-state index in [1.54, 1.807) is 7.11 Å². The van der Waals surface area contributed by atoms with Crippen LogP contribution in [0.4, 0.5) is 0 Å². The summed E-state index contributed by atoms with van der Waals surface area (Å²) in [6.45, 7) is 2.09. The molecule has 1 aliphatic rings. The van der Waals surface area contributed by atoms with Crippen molar-refractivity contribution in [3.05, 3.63) is 0 Å². The van der Waals surface area contributed by atoms with Gasteiger partial charge in [-0.25, -0.2) is 0 Å². The van der Waals surface area contributed by atoms with Crippen molar-refractivity contribution in [3.8, 4) is 0 Å². The first-order chi connectivity index (χ1) is 4.33. The molecular formula is C7H14O2. The molecule has 0 aromatic heterocycles. The standard InChI is InChI=1S/C7H14O2/c1-6-4-3-5-7(8-2)9-6/h6-7H,3-5H2,1-2H3/t6-,7+/m1/s1. The highest BCUT2D eigenvalue weighted by atomic mass is 16.7. The van der Waals surface area contributed by atoms with Crippen molar-refractivity contribution in [2.45, 2.75) is 38.6 Å². The van der Waals surface area contributed by atoms with Crippen molar-refractivity contribution in [2.75, 3.05) is 7.11 Å². The smallest absolute Gasteiger partial charge is 0.157 e. The van der Waals surface area contributed by atoms with Crippen molar-refractivity contribution in [2.24, 2.45) is 0 Å². The molecule has 2 nitrogen and oxygen atoms in total. The van der Waals surface area contributed by atoms with E-state index < -0.39 is 0 Å². The molecule has 0 radical (unpaired) electrons. The summed E-state index contributed by atoms with van der Waals surface area (Å²) in [7, 11) is 1.70. The lowest BCUT2D eigenvalue weighted by molar-refractivity contribution is -0.174. The van der Waals surface area contributed by atoms with Gasteiger partial charge < -0.3 is 9.47 Å². The summed E-state index contributed by atoms with van der Waals surface area (Å²) in [4.78, 5) is 0. The third-order valence-corrected chi connectivity index (χ3v) is 1.70. The van der Waals surface area contributed by atoms with Crippen LogP contribution in [0.5, 0.6) is 0 Å². The first-order valence-corrected chi connectivity index (χ1v) is 3.51. The van der Waals surface area contributed by atoms with Gasteiger partial charge in [0.15, 0.2) is 6.29 Å². The van der Waals surface area contributed by atoms with Gasteiger partial charge in [0.2, 0.25) is 0 Å². The Kier molecular flexibility index (Phi) is 2.49. The van der Waals surface area contributed by atoms with Gasteiger partial charge in [-0.1, -0.05) is 0 Å². The Labute approximate surface area is 56.2 Å². The minimum absolute atomic E-state index is 0.0637. The lowest BCUT2D eigenvalue weighted by atomic mass is 10.1. The van der Waals surface area contributed by atoms with Crippen LogP contribution in [0.15, 0.2) is 0 Å². The summed E-state index contributed by atoms with van der Waals surface area (Å²) in [5.74, 6) is 0. The molecule has 9 heavy (non-hydrogen) atoms. The Bertz CT molecular complexity index is 83.0. The number of ether oxygens (including phenoxy) is 2. The molecule has 0 unspecified atom stereocenters. The van der Waals surface area contributed by atoms with Crippen LogP contribution in [-0.2, 0) is 9.47 Å². The van der Waals surface area contributed by atoms with Crippen LogP contribution in [0, 0.1) is 0 Å².